The minimum Gasteiger partial charge on any atom is -0.462 e. The highest BCUT2D eigenvalue weighted by Crippen LogP contribution is 2.45. The van der Waals surface area contributed by atoms with E-state index in [4.69, 9.17) is 37.0 Å². The van der Waals surface area contributed by atoms with Crippen molar-refractivity contribution in [3.8, 4) is 0 Å². The summed E-state index contributed by atoms with van der Waals surface area (Å²) in [4.78, 5) is 72.8. The van der Waals surface area contributed by atoms with E-state index in [1.807, 2.05) is 0 Å². The highest BCUT2D eigenvalue weighted by Gasteiger charge is 2.30. The maximum absolute atomic E-state index is 13.1. The molecule has 0 rings (SSSR count). The highest BCUT2D eigenvalue weighted by molar-refractivity contribution is 7.47. The molecule has 96 heavy (non-hydrogen) atoms. The van der Waals surface area contributed by atoms with Crippen molar-refractivity contribution in [3.05, 3.63) is 0 Å². The number of unbranched alkanes of at least 4 members (excludes halogenated alkanes) is 45. The molecule has 3 unspecified atom stereocenters. The van der Waals surface area contributed by atoms with Crippen molar-refractivity contribution < 1.29 is 80.2 Å². The Morgan fingerprint density at radius 2 is 0.531 bits per heavy atom. The molecule has 0 aromatic rings. The van der Waals surface area contributed by atoms with E-state index < -0.39 is 97.5 Å². The van der Waals surface area contributed by atoms with Gasteiger partial charge >= 0.3 is 39.5 Å². The van der Waals surface area contributed by atoms with Crippen LogP contribution in [0.3, 0.4) is 0 Å². The first kappa shape index (κ1) is 94.1. The fourth-order valence-corrected chi connectivity index (χ4v) is 13.4. The predicted molar refractivity (Wildman–Crippen MR) is 391 cm³/mol. The molecule has 6 atom stereocenters. The van der Waals surface area contributed by atoms with Crippen LogP contribution in [0, 0.1) is 11.8 Å². The average Bonchev–Trinajstić information content (AvgIpc) is 1.53. The van der Waals surface area contributed by atoms with Gasteiger partial charge in [-0.1, -0.05) is 350 Å². The van der Waals surface area contributed by atoms with Gasteiger partial charge in [0.05, 0.1) is 26.4 Å². The molecule has 0 heterocycles. The van der Waals surface area contributed by atoms with E-state index in [9.17, 15) is 43.2 Å². The summed E-state index contributed by atoms with van der Waals surface area (Å²) < 4.78 is 68.5. The van der Waals surface area contributed by atoms with Gasteiger partial charge in [-0.3, -0.25) is 37.3 Å². The van der Waals surface area contributed by atoms with E-state index in [-0.39, 0.29) is 25.7 Å². The highest BCUT2D eigenvalue weighted by atomic mass is 31.2. The van der Waals surface area contributed by atoms with Crippen LogP contribution in [0.4, 0.5) is 0 Å². The molecule has 570 valence electrons. The first-order valence-electron chi connectivity index (χ1n) is 40.0. The van der Waals surface area contributed by atoms with Crippen LogP contribution in [0.25, 0.3) is 0 Å². The largest absolute Gasteiger partial charge is 0.472 e. The zero-order valence-corrected chi connectivity index (χ0v) is 64.5. The molecular formula is C77H150O17P2. The van der Waals surface area contributed by atoms with Gasteiger partial charge in [-0.25, -0.2) is 9.13 Å². The van der Waals surface area contributed by atoms with Gasteiger partial charge in [-0.15, -0.1) is 0 Å². The molecule has 0 saturated carbocycles. The number of hydrogen-bond donors (Lipinski definition) is 3. The van der Waals surface area contributed by atoms with E-state index in [0.717, 1.165) is 108 Å². The number of phosphoric ester groups is 2. The molecule has 0 aromatic heterocycles. The normalized spacial score (nSPS) is 14.3. The van der Waals surface area contributed by atoms with Crippen LogP contribution in [-0.2, 0) is 65.4 Å². The van der Waals surface area contributed by atoms with Crippen molar-refractivity contribution in [2.75, 3.05) is 39.6 Å². The Hall–Kier alpha value is -1.94. The average molecular weight is 1410 g/mol. The fraction of sp³-hybridized carbons (Fsp3) is 0.948. The smallest absolute Gasteiger partial charge is 0.462 e. The summed E-state index contributed by atoms with van der Waals surface area (Å²) in [6, 6.07) is 0. The zero-order valence-electron chi connectivity index (χ0n) is 62.7. The third-order valence-corrected chi connectivity index (χ3v) is 20.2. The maximum Gasteiger partial charge on any atom is 0.472 e. The SMILES string of the molecule is CCCCCCCCCCCCCCCCCCCCCCC(=O)O[C@H](COC(=O)CCCCCCCCCCCCCC(C)C)COP(=O)(O)OC[C@@H](O)COP(=O)(O)OC[C@@H](COC(=O)CCCCCCCCCC)OC(=O)CCCCCCCCCCCCC(C)CC. The fourth-order valence-electron chi connectivity index (χ4n) is 11.8. The summed E-state index contributed by atoms with van der Waals surface area (Å²) in [6.45, 7) is 9.60. The number of phosphoric acid groups is 2. The van der Waals surface area contributed by atoms with Crippen molar-refractivity contribution in [2.24, 2.45) is 11.8 Å². The van der Waals surface area contributed by atoms with Gasteiger partial charge < -0.3 is 33.8 Å². The lowest BCUT2D eigenvalue weighted by Gasteiger charge is -2.21. The molecule has 0 saturated heterocycles. The molecular weight excluding hydrogens is 1260 g/mol. The van der Waals surface area contributed by atoms with E-state index in [1.165, 1.54) is 212 Å². The molecule has 0 bridgehead atoms. The van der Waals surface area contributed by atoms with Crippen molar-refractivity contribution >= 4 is 39.5 Å². The minimum absolute atomic E-state index is 0.106. The number of carbonyl (C=O) groups is 4. The Kier molecular flexibility index (Phi) is 67.4. The van der Waals surface area contributed by atoms with Crippen LogP contribution in [0.1, 0.15) is 401 Å². The summed E-state index contributed by atoms with van der Waals surface area (Å²) in [5.74, 6) is -0.543. The number of aliphatic hydroxyl groups excluding tert-OH is 1. The van der Waals surface area contributed by atoms with Crippen molar-refractivity contribution in [1.29, 1.82) is 0 Å². The molecule has 0 amide bonds. The Morgan fingerprint density at radius 1 is 0.302 bits per heavy atom. The van der Waals surface area contributed by atoms with Crippen molar-refractivity contribution in [3.63, 3.8) is 0 Å². The second-order valence-electron chi connectivity index (χ2n) is 28.5. The van der Waals surface area contributed by atoms with E-state index in [0.29, 0.717) is 25.7 Å². The third kappa shape index (κ3) is 69.2. The van der Waals surface area contributed by atoms with Crippen molar-refractivity contribution in [2.45, 2.75) is 419 Å². The minimum atomic E-state index is -4.96. The monoisotopic (exact) mass is 1410 g/mol. The molecule has 3 N–H and O–H groups in total. The Morgan fingerprint density at radius 3 is 0.792 bits per heavy atom. The number of rotatable bonds is 76. The first-order valence-corrected chi connectivity index (χ1v) is 43.0. The molecule has 0 aliphatic carbocycles. The lowest BCUT2D eigenvalue weighted by atomic mass is 9.99. The summed E-state index contributed by atoms with van der Waals surface area (Å²) >= 11 is 0. The Balaban J connectivity index is 5.20. The number of hydrogen-bond acceptors (Lipinski definition) is 15. The topological polar surface area (TPSA) is 237 Å². The van der Waals surface area contributed by atoms with Crippen molar-refractivity contribution in [1.82, 2.24) is 0 Å². The van der Waals surface area contributed by atoms with Gasteiger partial charge in [0.25, 0.3) is 0 Å². The van der Waals surface area contributed by atoms with E-state index >= 15 is 0 Å². The number of carbonyl (C=O) groups excluding carboxylic acids is 4. The second kappa shape index (κ2) is 68.8. The molecule has 0 aromatic carbocycles. The summed E-state index contributed by atoms with van der Waals surface area (Å²) in [5, 5.41) is 10.6. The van der Waals surface area contributed by atoms with Crippen LogP contribution in [0.5, 0.6) is 0 Å². The first-order chi connectivity index (χ1) is 46.4. The molecule has 0 aliphatic heterocycles. The number of ether oxygens (including phenoxy) is 4. The quantitative estimate of drug-likeness (QED) is 0.0222. The van der Waals surface area contributed by atoms with Gasteiger partial charge in [-0.2, -0.15) is 0 Å². The molecule has 17 nitrogen and oxygen atoms in total. The second-order valence-corrected chi connectivity index (χ2v) is 31.4. The van der Waals surface area contributed by atoms with Crippen LogP contribution in [0.15, 0.2) is 0 Å². The zero-order chi connectivity index (χ0) is 70.7. The van der Waals surface area contributed by atoms with Gasteiger partial charge in [0.15, 0.2) is 12.2 Å². The lowest BCUT2D eigenvalue weighted by Crippen LogP contribution is -2.30. The maximum atomic E-state index is 13.1. The predicted octanol–water partition coefficient (Wildman–Crippen LogP) is 22.7. The van der Waals surface area contributed by atoms with Crippen LogP contribution in [-0.4, -0.2) is 96.7 Å². The molecule has 0 aliphatic rings. The molecule has 0 spiro atoms. The standard InChI is InChI=1S/C77H150O17P2/c1-7-10-12-14-16-18-19-20-21-22-23-24-25-26-27-30-37-43-49-55-61-76(81)94-73(66-88-75(80)60-54-48-42-36-31-28-29-34-39-45-51-57-69(4)5)68-92-96(85,86)90-64-71(78)63-89-95(83,84)91-67-72(65-87-74(79)59-53-47-41-17-15-13-11-8-2)93-77(82)62-56-50-44-38-33-32-35-40-46-52-58-70(6)9-3/h69-73,78H,7-68H2,1-6H3,(H,83,84)(H,85,86)/t70?,71-,72+,73+/m0/s1. The van der Waals surface area contributed by atoms with Crippen LogP contribution in [0.2, 0.25) is 0 Å². The van der Waals surface area contributed by atoms with Crippen LogP contribution >= 0.6 is 15.6 Å². The van der Waals surface area contributed by atoms with Gasteiger partial charge in [0, 0.05) is 25.7 Å². The van der Waals surface area contributed by atoms with Gasteiger partial charge in [-0.05, 0) is 37.5 Å². The number of aliphatic hydroxyl groups is 1. The van der Waals surface area contributed by atoms with E-state index in [2.05, 4.69) is 41.5 Å². The molecule has 0 fully saturated rings. The van der Waals surface area contributed by atoms with Gasteiger partial charge in [0.1, 0.15) is 19.3 Å². The molecule has 0 radical (unpaired) electrons. The van der Waals surface area contributed by atoms with E-state index in [1.54, 1.807) is 0 Å². The third-order valence-electron chi connectivity index (χ3n) is 18.3. The summed E-state index contributed by atoms with van der Waals surface area (Å²) in [5.41, 5.74) is 0. The lowest BCUT2D eigenvalue weighted by molar-refractivity contribution is -0.161. The number of esters is 4. The van der Waals surface area contributed by atoms with Gasteiger partial charge in [0.2, 0.25) is 0 Å². The van der Waals surface area contributed by atoms with Crippen LogP contribution < -0.4 is 0 Å². The Labute approximate surface area is 588 Å². The Bertz CT molecular complexity index is 1860. The summed E-state index contributed by atoms with van der Waals surface area (Å²) in [6.07, 6.45) is 56.9. The molecule has 19 heteroatoms. The summed E-state index contributed by atoms with van der Waals surface area (Å²) in [7, 11) is -9.91.